The van der Waals surface area contributed by atoms with Gasteiger partial charge < -0.3 is 10.2 Å². The van der Waals surface area contributed by atoms with Crippen molar-refractivity contribution >= 4 is 5.78 Å². The van der Waals surface area contributed by atoms with Gasteiger partial charge in [0, 0.05) is 5.41 Å². The third-order valence-corrected chi connectivity index (χ3v) is 8.35. The Kier molecular flexibility index (Phi) is 3.39. The summed E-state index contributed by atoms with van der Waals surface area (Å²) >= 11 is 0. The van der Waals surface area contributed by atoms with Crippen LogP contribution in [0.3, 0.4) is 0 Å². The minimum atomic E-state index is -0.327. The molecule has 0 aromatic rings. The summed E-state index contributed by atoms with van der Waals surface area (Å²) in [4.78, 5) is 12.6. The van der Waals surface area contributed by atoms with Crippen molar-refractivity contribution < 1.29 is 15.0 Å². The van der Waals surface area contributed by atoms with Crippen molar-refractivity contribution in [3.05, 3.63) is 12.2 Å². The highest BCUT2D eigenvalue weighted by Crippen LogP contribution is 2.65. The minimum Gasteiger partial charge on any atom is -0.393 e. The zero-order valence-electron chi connectivity index (χ0n) is 14.4. The summed E-state index contributed by atoms with van der Waals surface area (Å²) in [5, 5.41) is 21.0. The normalized spacial score (nSPS) is 56.0. The van der Waals surface area contributed by atoms with Crippen molar-refractivity contribution in [2.24, 2.45) is 34.5 Å². The standard InChI is InChI=1S/C20H30O3/c1-11-8-15-17-14(5-7-20(15,3)18(11)23)19(2)6-4-13(21)9-12(19)10-16(17)22/h12-17,21-22H,1,4-10H2,2-3H3/t12-,13+,14-,15-,16+,17+,19-,20-/m0/s1. The van der Waals surface area contributed by atoms with Crippen LogP contribution in [0.15, 0.2) is 12.2 Å². The average molecular weight is 318 g/mol. The molecule has 8 atom stereocenters. The van der Waals surface area contributed by atoms with E-state index in [0.29, 0.717) is 11.8 Å². The van der Waals surface area contributed by atoms with E-state index in [-0.39, 0.29) is 40.7 Å². The van der Waals surface area contributed by atoms with Gasteiger partial charge >= 0.3 is 0 Å². The molecule has 0 amide bonds. The number of Topliss-reactive ketones (excluding diaryl/α,β-unsaturated/α-hetero) is 1. The Hall–Kier alpha value is -0.670. The van der Waals surface area contributed by atoms with E-state index in [0.717, 1.165) is 50.5 Å². The van der Waals surface area contributed by atoms with Crippen molar-refractivity contribution in [3.8, 4) is 0 Å². The molecule has 0 spiro atoms. The van der Waals surface area contributed by atoms with Crippen LogP contribution < -0.4 is 0 Å². The Labute approximate surface area is 139 Å². The van der Waals surface area contributed by atoms with Crippen LogP contribution in [0.1, 0.15) is 58.8 Å². The molecular weight excluding hydrogens is 288 g/mol. The van der Waals surface area contributed by atoms with E-state index in [1.807, 2.05) is 0 Å². The zero-order valence-corrected chi connectivity index (χ0v) is 14.4. The Balaban J connectivity index is 1.71. The van der Waals surface area contributed by atoms with Gasteiger partial charge in [0.2, 0.25) is 0 Å². The second kappa shape index (κ2) is 4.92. The van der Waals surface area contributed by atoms with Crippen LogP contribution in [0.2, 0.25) is 0 Å². The first-order valence-corrected chi connectivity index (χ1v) is 9.36. The highest BCUT2D eigenvalue weighted by atomic mass is 16.3. The summed E-state index contributed by atoms with van der Waals surface area (Å²) in [5.74, 6) is 1.65. The van der Waals surface area contributed by atoms with Gasteiger partial charge in [0.25, 0.3) is 0 Å². The van der Waals surface area contributed by atoms with Gasteiger partial charge in [-0.1, -0.05) is 20.4 Å². The first-order chi connectivity index (χ1) is 10.8. The number of fused-ring (bicyclic) bond motifs is 5. The van der Waals surface area contributed by atoms with Crippen LogP contribution in [-0.4, -0.2) is 28.2 Å². The number of carbonyl (C=O) groups is 1. The summed E-state index contributed by atoms with van der Waals surface area (Å²) in [6.45, 7) is 8.51. The van der Waals surface area contributed by atoms with Gasteiger partial charge in [0.05, 0.1) is 12.2 Å². The smallest absolute Gasteiger partial charge is 0.164 e. The first kappa shape index (κ1) is 15.8. The molecule has 4 fully saturated rings. The molecule has 23 heavy (non-hydrogen) atoms. The summed E-state index contributed by atoms with van der Waals surface area (Å²) in [5.41, 5.74) is 0.699. The lowest BCUT2D eigenvalue weighted by Gasteiger charge is -2.61. The highest BCUT2D eigenvalue weighted by molar-refractivity contribution is 6.02. The highest BCUT2D eigenvalue weighted by Gasteiger charge is 2.63. The van der Waals surface area contributed by atoms with E-state index in [1.165, 1.54) is 0 Å². The third kappa shape index (κ3) is 1.99. The lowest BCUT2D eigenvalue weighted by molar-refractivity contribution is -0.171. The van der Waals surface area contributed by atoms with Crippen molar-refractivity contribution in [3.63, 3.8) is 0 Å². The first-order valence-electron chi connectivity index (χ1n) is 9.36. The fraction of sp³-hybridized carbons (Fsp3) is 0.850. The molecule has 0 radical (unpaired) electrons. The summed E-state index contributed by atoms with van der Waals surface area (Å²) in [6, 6.07) is 0. The molecule has 3 heteroatoms. The van der Waals surface area contributed by atoms with Gasteiger partial charge in [-0.3, -0.25) is 4.79 Å². The molecule has 0 heterocycles. The van der Waals surface area contributed by atoms with Crippen LogP contribution in [0, 0.1) is 34.5 Å². The van der Waals surface area contributed by atoms with Gasteiger partial charge in [0.1, 0.15) is 0 Å². The molecule has 0 aromatic heterocycles. The summed E-state index contributed by atoms with van der Waals surface area (Å²) < 4.78 is 0. The fourth-order valence-corrected chi connectivity index (χ4v) is 6.95. The lowest BCUT2D eigenvalue weighted by Crippen LogP contribution is -2.58. The van der Waals surface area contributed by atoms with Crippen LogP contribution in [0.4, 0.5) is 0 Å². The van der Waals surface area contributed by atoms with Crippen molar-refractivity contribution in [2.75, 3.05) is 0 Å². The number of hydrogen-bond acceptors (Lipinski definition) is 3. The molecule has 4 saturated carbocycles. The Morgan fingerprint density at radius 1 is 1.09 bits per heavy atom. The van der Waals surface area contributed by atoms with Crippen molar-refractivity contribution in [1.29, 1.82) is 0 Å². The monoisotopic (exact) mass is 318 g/mol. The maximum atomic E-state index is 12.6. The molecule has 0 bridgehead atoms. The van der Waals surface area contributed by atoms with Crippen molar-refractivity contribution in [1.82, 2.24) is 0 Å². The van der Waals surface area contributed by atoms with Gasteiger partial charge in [0.15, 0.2) is 5.78 Å². The molecule has 0 aliphatic heterocycles. The molecule has 0 aromatic carbocycles. The number of carbonyl (C=O) groups excluding carboxylic acids is 1. The Morgan fingerprint density at radius 3 is 2.57 bits per heavy atom. The maximum absolute atomic E-state index is 12.6. The van der Waals surface area contributed by atoms with Gasteiger partial charge in [-0.2, -0.15) is 0 Å². The van der Waals surface area contributed by atoms with Gasteiger partial charge in [-0.15, -0.1) is 0 Å². The number of aliphatic hydroxyl groups excluding tert-OH is 2. The Bertz CT molecular complexity index is 555. The largest absolute Gasteiger partial charge is 0.393 e. The van der Waals surface area contributed by atoms with Crippen molar-refractivity contribution in [2.45, 2.75) is 71.0 Å². The van der Waals surface area contributed by atoms with Crippen LogP contribution in [-0.2, 0) is 4.79 Å². The number of hydrogen-bond donors (Lipinski definition) is 2. The van der Waals surface area contributed by atoms with E-state index in [9.17, 15) is 15.0 Å². The fourth-order valence-electron chi connectivity index (χ4n) is 6.95. The Morgan fingerprint density at radius 2 is 1.83 bits per heavy atom. The van der Waals surface area contributed by atoms with Crippen LogP contribution >= 0.6 is 0 Å². The molecule has 0 unspecified atom stereocenters. The molecule has 4 rings (SSSR count). The quantitative estimate of drug-likeness (QED) is 0.675. The lowest BCUT2D eigenvalue weighted by atomic mass is 9.44. The second-order valence-corrected chi connectivity index (χ2v) is 9.32. The van der Waals surface area contributed by atoms with Crippen LogP contribution in [0.25, 0.3) is 0 Å². The molecular formula is C20H30O3. The van der Waals surface area contributed by atoms with E-state index in [1.54, 1.807) is 0 Å². The van der Waals surface area contributed by atoms with E-state index < -0.39 is 0 Å². The molecule has 4 aliphatic carbocycles. The minimum absolute atomic E-state index is 0.196. The third-order valence-electron chi connectivity index (χ3n) is 8.35. The molecule has 3 nitrogen and oxygen atoms in total. The SMILES string of the molecule is C=C1C[C@H]2[C@@H]3[C@H](O)C[C@@H]4C[C@H](O)CC[C@]4(C)[C@H]3CC[C@]2(C)C1=O. The summed E-state index contributed by atoms with van der Waals surface area (Å²) in [6.07, 6.45) is 5.81. The van der Waals surface area contributed by atoms with E-state index in [2.05, 4.69) is 20.4 Å². The van der Waals surface area contributed by atoms with Crippen LogP contribution in [0.5, 0.6) is 0 Å². The number of allylic oxidation sites excluding steroid dienone is 1. The van der Waals surface area contributed by atoms with E-state index in [4.69, 9.17) is 0 Å². The molecule has 0 saturated heterocycles. The second-order valence-electron chi connectivity index (χ2n) is 9.32. The number of ketones is 1. The summed E-state index contributed by atoms with van der Waals surface area (Å²) in [7, 11) is 0. The van der Waals surface area contributed by atoms with Gasteiger partial charge in [-0.25, -0.2) is 0 Å². The topological polar surface area (TPSA) is 57.5 Å². The number of aliphatic hydroxyl groups is 2. The van der Waals surface area contributed by atoms with Gasteiger partial charge in [-0.05, 0) is 79.6 Å². The maximum Gasteiger partial charge on any atom is 0.164 e. The zero-order chi connectivity index (χ0) is 16.6. The molecule has 128 valence electrons. The predicted octanol–water partition coefficient (Wildman–Crippen LogP) is 3.10. The molecule has 2 N–H and O–H groups in total. The molecule has 4 aliphatic rings. The van der Waals surface area contributed by atoms with E-state index >= 15 is 0 Å². The average Bonchev–Trinajstić information content (AvgIpc) is 2.73. The predicted molar refractivity (Wildman–Crippen MR) is 88.7 cm³/mol. The number of rotatable bonds is 0.